The highest BCUT2D eigenvalue weighted by atomic mass is 16.3. The first-order valence-electron chi connectivity index (χ1n) is 9.61. The molecule has 0 aliphatic carbocycles. The zero-order chi connectivity index (χ0) is 19.5. The molecule has 0 saturated carbocycles. The number of fused-ring (bicyclic) bond motifs is 1. The molecule has 7 heteroatoms. The summed E-state index contributed by atoms with van der Waals surface area (Å²) in [5.41, 5.74) is 2.04. The molecule has 0 amide bonds. The number of hydrogen-bond acceptors (Lipinski definition) is 6. The average molecular weight is 380 g/mol. The highest BCUT2D eigenvalue weighted by molar-refractivity contribution is 5.93. The van der Waals surface area contributed by atoms with Crippen molar-refractivity contribution in [2.24, 2.45) is 0 Å². The number of pyridine rings is 1. The summed E-state index contributed by atoms with van der Waals surface area (Å²) in [5, 5.41) is 24.3. The van der Waals surface area contributed by atoms with Crippen LogP contribution in [0.3, 0.4) is 0 Å². The Labute approximate surface area is 162 Å². The van der Waals surface area contributed by atoms with E-state index in [0.29, 0.717) is 17.3 Å². The molecule has 1 fully saturated rings. The maximum atomic E-state index is 13.1. The van der Waals surface area contributed by atoms with E-state index in [0.717, 1.165) is 30.5 Å². The minimum absolute atomic E-state index is 0.133. The minimum atomic E-state index is -0.757. The smallest absolute Gasteiger partial charge is 0.261 e. The fraction of sp³-hybridized carbons (Fsp3) is 0.381. The van der Waals surface area contributed by atoms with Crippen molar-refractivity contribution in [3.05, 3.63) is 59.4 Å². The number of rotatable bonds is 5. The van der Waals surface area contributed by atoms with E-state index in [1.165, 1.54) is 10.9 Å². The van der Waals surface area contributed by atoms with Gasteiger partial charge in [0.1, 0.15) is 0 Å². The quantitative estimate of drug-likeness (QED) is 0.617. The molecule has 1 aliphatic heterocycles. The first-order chi connectivity index (χ1) is 13.6. The fourth-order valence-electron chi connectivity index (χ4n) is 3.86. The summed E-state index contributed by atoms with van der Waals surface area (Å²) in [5.74, 6) is 0. The van der Waals surface area contributed by atoms with Crippen LogP contribution < -0.4 is 10.9 Å². The van der Waals surface area contributed by atoms with Gasteiger partial charge in [-0.15, -0.1) is 0 Å². The minimum Gasteiger partial charge on any atom is -0.392 e. The second-order valence-electron chi connectivity index (χ2n) is 7.30. The molecule has 0 bridgehead atoms. The largest absolute Gasteiger partial charge is 0.392 e. The normalized spacial score (nSPS) is 20.9. The zero-order valence-electron chi connectivity index (χ0n) is 15.5. The lowest BCUT2D eigenvalue weighted by Crippen LogP contribution is -2.47. The van der Waals surface area contributed by atoms with Gasteiger partial charge in [-0.3, -0.25) is 14.3 Å². The van der Waals surface area contributed by atoms with Crippen LogP contribution in [0.1, 0.15) is 19.3 Å². The predicted molar refractivity (Wildman–Crippen MR) is 107 cm³/mol. The standard InChI is InChI=1S/C21H24N4O3/c26-15(10-18-19(27)7-3-9-23-18)12-25-13-24-17-6-1-5-16(20(17)21(25)28)14-4-2-8-22-11-14/h1-2,4-6,8,11,13,15,18-19,23,26-27H,3,7,9-10,12H2/t15-,18+,19-/m0/s1. The summed E-state index contributed by atoms with van der Waals surface area (Å²) >= 11 is 0. The van der Waals surface area contributed by atoms with Gasteiger partial charge >= 0.3 is 0 Å². The SMILES string of the molecule is O=c1c2c(-c3cccnc3)cccc2ncn1C[C@@H](O)C[C@H]1NCCC[C@@H]1O. The van der Waals surface area contributed by atoms with E-state index in [-0.39, 0.29) is 18.1 Å². The summed E-state index contributed by atoms with van der Waals surface area (Å²) in [6.45, 7) is 0.967. The Morgan fingerprint density at radius 2 is 2.18 bits per heavy atom. The highest BCUT2D eigenvalue weighted by Gasteiger charge is 2.25. The van der Waals surface area contributed by atoms with Crippen molar-refractivity contribution in [1.82, 2.24) is 19.9 Å². The number of aromatic nitrogens is 3. The summed E-state index contributed by atoms with van der Waals surface area (Å²) in [6.07, 6.45) is 5.71. The number of nitrogens with zero attached hydrogens (tertiary/aromatic N) is 3. The molecule has 3 N–H and O–H groups in total. The van der Waals surface area contributed by atoms with Crippen LogP contribution >= 0.6 is 0 Å². The fourth-order valence-corrected chi connectivity index (χ4v) is 3.86. The van der Waals surface area contributed by atoms with Gasteiger partial charge in [0, 0.05) is 24.0 Å². The lowest BCUT2D eigenvalue weighted by atomic mass is 9.96. The first kappa shape index (κ1) is 18.7. The van der Waals surface area contributed by atoms with Crippen molar-refractivity contribution in [3.63, 3.8) is 0 Å². The van der Waals surface area contributed by atoms with E-state index in [1.54, 1.807) is 18.5 Å². The molecule has 3 aromatic rings. The topological polar surface area (TPSA) is 100 Å². The number of aliphatic hydroxyl groups excluding tert-OH is 2. The molecule has 3 atom stereocenters. The molecular weight excluding hydrogens is 356 g/mol. The number of aliphatic hydroxyl groups is 2. The predicted octanol–water partition coefficient (Wildman–Crippen LogP) is 1.32. The third-order valence-corrected chi connectivity index (χ3v) is 5.31. The maximum absolute atomic E-state index is 13.1. The summed E-state index contributed by atoms with van der Waals surface area (Å²) < 4.78 is 1.45. The molecule has 0 radical (unpaired) electrons. The van der Waals surface area contributed by atoms with E-state index in [4.69, 9.17) is 0 Å². The van der Waals surface area contributed by atoms with Gasteiger partial charge in [-0.25, -0.2) is 4.98 Å². The van der Waals surface area contributed by atoms with Crippen LogP contribution in [-0.4, -0.2) is 49.5 Å². The monoisotopic (exact) mass is 380 g/mol. The third kappa shape index (κ3) is 3.82. The van der Waals surface area contributed by atoms with Gasteiger partial charge in [0.2, 0.25) is 0 Å². The average Bonchev–Trinajstić information content (AvgIpc) is 2.72. The maximum Gasteiger partial charge on any atom is 0.261 e. The van der Waals surface area contributed by atoms with Gasteiger partial charge < -0.3 is 15.5 Å². The molecule has 7 nitrogen and oxygen atoms in total. The Morgan fingerprint density at radius 3 is 2.96 bits per heavy atom. The van der Waals surface area contributed by atoms with Crippen LogP contribution in [0.2, 0.25) is 0 Å². The van der Waals surface area contributed by atoms with Gasteiger partial charge in [0.25, 0.3) is 5.56 Å². The van der Waals surface area contributed by atoms with Crippen molar-refractivity contribution in [1.29, 1.82) is 0 Å². The second-order valence-corrected chi connectivity index (χ2v) is 7.30. The third-order valence-electron chi connectivity index (χ3n) is 5.31. The molecule has 2 aromatic heterocycles. The molecule has 1 saturated heterocycles. The molecule has 4 rings (SSSR count). The summed E-state index contributed by atoms with van der Waals surface area (Å²) in [6, 6.07) is 9.13. The molecule has 146 valence electrons. The first-order valence-corrected chi connectivity index (χ1v) is 9.61. The Morgan fingerprint density at radius 1 is 1.29 bits per heavy atom. The number of nitrogens with one attached hydrogen (secondary N) is 1. The van der Waals surface area contributed by atoms with E-state index in [1.807, 2.05) is 24.3 Å². The van der Waals surface area contributed by atoms with Crippen LogP contribution in [0.5, 0.6) is 0 Å². The second kappa shape index (κ2) is 8.18. The molecule has 0 spiro atoms. The lowest BCUT2D eigenvalue weighted by Gasteiger charge is -2.30. The number of benzene rings is 1. The van der Waals surface area contributed by atoms with Gasteiger partial charge in [-0.2, -0.15) is 0 Å². The van der Waals surface area contributed by atoms with Crippen molar-refractivity contribution in [2.45, 2.75) is 44.1 Å². The van der Waals surface area contributed by atoms with Crippen LogP contribution in [0, 0.1) is 0 Å². The van der Waals surface area contributed by atoms with Crippen LogP contribution in [0.4, 0.5) is 0 Å². The van der Waals surface area contributed by atoms with Crippen molar-refractivity contribution < 1.29 is 10.2 Å². The van der Waals surface area contributed by atoms with Crippen LogP contribution in [-0.2, 0) is 6.54 Å². The van der Waals surface area contributed by atoms with Crippen LogP contribution in [0.15, 0.2) is 53.8 Å². The zero-order valence-corrected chi connectivity index (χ0v) is 15.5. The number of piperidine rings is 1. The molecule has 0 unspecified atom stereocenters. The van der Waals surface area contributed by atoms with E-state index < -0.39 is 12.2 Å². The number of hydrogen-bond donors (Lipinski definition) is 3. The summed E-state index contributed by atoms with van der Waals surface area (Å²) in [4.78, 5) is 21.7. The van der Waals surface area contributed by atoms with Gasteiger partial charge in [0.05, 0.1) is 36.0 Å². The molecule has 1 aliphatic rings. The highest BCUT2D eigenvalue weighted by Crippen LogP contribution is 2.24. The van der Waals surface area contributed by atoms with Crippen LogP contribution in [0.25, 0.3) is 22.0 Å². The van der Waals surface area contributed by atoms with E-state index >= 15 is 0 Å². The van der Waals surface area contributed by atoms with Gasteiger partial charge in [-0.1, -0.05) is 18.2 Å². The Kier molecular flexibility index (Phi) is 5.47. The van der Waals surface area contributed by atoms with Crippen molar-refractivity contribution in [3.8, 4) is 11.1 Å². The lowest BCUT2D eigenvalue weighted by molar-refractivity contribution is 0.0539. The summed E-state index contributed by atoms with van der Waals surface area (Å²) in [7, 11) is 0. The Balaban J connectivity index is 1.63. The Hall–Kier alpha value is -2.61. The molecule has 1 aromatic carbocycles. The van der Waals surface area contributed by atoms with E-state index in [2.05, 4.69) is 15.3 Å². The molecule has 28 heavy (non-hydrogen) atoms. The van der Waals surface area contributed by atoms with Crippen molar-refractivity contribution >= 4 is 10.9 Å². The van der Waals surface area contributed by atoms with Gasteiger partial charge in [0.15, 0.2) is 0 Å². The van der Waals surface area contributed by atoms with Crippen molar-refractivity contribution in [2.75, 3.05) is 6.54 Å². The van der Waals surface area contributed by atoms with E-state index in [9.17, 15) is 15.0 Å². The molecule has 3 heterocycles. The van der Waals surface area contributed by atoms with Gasteiger partial charge in [-0.05, 0) is 43.5 Å². The molecular formula is C21H24N4O3. The Bertz CT molecular complexity index is 1010.